The Bertz CT molecular complexity index is 565. The molecule has 0 bridgehead atoms. The molecule has 1 aromatic carbocycles. The Balaban J connectivity index is 2.11. The van der Waals surface area contributed by atoms with Gasteiger partial charge in [0.15, 0.2) is 5.13 Å². The summed E-state index contributed by atoms with van der Waals surface area (Å²) in [5.41, 5.74) is 6.12. The van der Waals surface area contributed by atoms with Gasteiger partial charge in [0.25, 0.3) is 0 Å². The second-order valence-electron chi connectivity index (χ2n) is 3.44. The summed E-state index contributed by atoms with van der Waals surface area (Å²) >= 11 is 8.63. The lowest BCUT2D eigenvalue weighted by Crippen LogP contribution is -2.04. The van der Waals surface area contributed by atoms with Crippen molar-refractivity contribution in [1.29, 1.82) is 0 Å². The molecule has 2 rings (SSSR count). The predicted octanol–water partition coefficient (Wildman–Crippen LogP) is 4.27. The number of alkyl halides is 2. The van der Waals surface area contributed by atoms with E-state index in [0.717, 1.165) is 4.21 Å². The van der Waals surface area contributed by atoms with E-state index >= 15 is 0 Å². The van der Waals surface area contributed by atoms with Gasteiger partial charge in [-0.2, -0.15) is 8.78 Å². The highest BCUT2D eigenvalue weighted by Crippen LogP contribution is 2.33. The highest BCUT2D eigenvalue weighted by molar-refractivity contribution is 8.00. The normalized spacial score (nSPS) is 10.9. The average molecular weight is 323 g/mol. The van der Waals surface area contributed by atoms with Crippen LogP contribution in [0.4, 0.5) is 13.9 Å². The van der Waals surface area contributed by atoms with Gasteiger partial charge in [0.1, 0.15) is 5.75 Å². The fourth-order valence-corrected chi connectivity index (χ4v) is 3.29. The van der Waals surface area contributed by atoms with Gasteiger partial charge in [-0.25, -0.2) is 4.98 Å². The molecule has 0 aliphatic heterocycles. The third kappa shape index (κ3) is 4.22. The Morgan fingerprint density at radius 1 is 1.47 bits per heavy atom. The summed E-state index contributed by atoms with van der Waals surface area (Å²) in [4.78, 5) is 3.92. The minimum atomic E-state index is -2.86. The summed E-state index contributed by atoms with van der Waals surface area (Å²) in [6.07, 6.45) is 1.64. The number of thiazole rings is 1. The summed E-state index contributed by atoms with van der Waals surface area (Å²) in [5, 5.41) is 0.943. The van der Waals surface area contributed by atoms with Gasteiger partial charge in [0.2, 0.25) is 0 Å². The van der Waals surface area contributed by atoms with Gasteiger partial charge in [-0.15, -0.1) is 11.8 Å². The molecule has 0 saturated heterocycles. The van der Waals surface area contributed by atoms with E-state index in [1.807, 2.05) is 0 Å². The number of nitrogens with two attached hydrogens (primary N) is 1. The number of rotatable bonds is 5. The highest BCUT2D eigenvalue weighted by Gasteiger charge is 2.11. The minimum absolute atomic E-state index is 0.129. The SMILES string of the molecule is Nc1ncc(SCc2cc(Cl)ccc2OC(F)F)s1. The zero-order chi connectivity index (χ0) is 13.8. The first-order valence-corrected chi connectivity index (χ1v) is 7.30. The molecule has 102 valence electrons. The first-order valence-electron chi connectivity index (χ1n) is 5.12. The van der Waals surface area contributed by atoms with Gasteiger partial charge in [-0.1, -0.05) is 22.9 Å². The molecule has 0 atom stereocenters. The maximum atomic E-state index is 12.3. The van der Waals surface area contributed by atoms with Crippen LogP contribution in [0.25, 0.3) is 0 Å². The Morgan fingerprint density at radius 2 is 2.26 bits per heavy atom. The van der Waals surface area contributed by atoms with Crippen LogP contribution in [0, 0.1) is 0 Å². The molecule has 2 N–H and O–H groups in total. The lowest BCUT2D eigenvalue weighted by atomic mass is 10.2. The molecule has 0 radical (unpaired) electrons. The molecule has 0 amide bonds. The van der Waals surface area contributed by atoms with Crippen molar-refractivity contribution in [3.63, 3.8) is 0 Å². The molecule has 0 aliphatic carbocycles. The van der Waals surface area contributed by atoms with E-state index in [-0.39, 0.29) is 5.75 Å². The summed E-state index contributed by atoms with van der Waals surface area (Å²) in [5.74, 6) is 0.578. The van der Waals surface area contributed by atoms with Crippen molar-refractivity contribution in [2.45, 2.75) is 16.6 Å². The molecule has 8 heteroatoms. The van der Waals surface area contributed by atoms with Gasteiger partial charge in [-0.3, -0.25) is 0 Å². The van der Waals surface area contributed by atoms with E-state index in [0.29, 0.717) is 21.5 Å². The van der Waals surface area contributed by atoms with E-state index < -0.39 is 6.61 Å². The fraction of sp³-hybridized carbons (Fsp3) is 0.182. The molecule has 3 nitrogen and oxygen atoms in total. The first kappa shape index (κ1) is 14.4. The zero-order valence-corrected chi connectivity index (χ0v) is 11.9. The summed E-state index contributed by atoms with van der Waals surface area (Å²) in [7, 11) is 0. The second kappa shape index (κ2) is 6.40. The largest absolute Gasteiger partial charge is 0.435 e. The Hall–Kier alpha value is -1.05. The van der Waals surface area contributed by atoms with E-state index in [1.165, 1.54) is 35.2 Å². The van der Waals surface area contributed by atoms with Gasteiger partial charge < -0.3 is 10.5 Å². The molecule has 0 saturated carbocycles. The van der Waals surface area contributed by atoms with Gasteiger partial charge in [0, 0.05) is 16.3 Å². The molecule has 0 unspecified atom stereocenters. The Kier molecular flexibility index (Phi) is 4.84. The van der Waals surface area contributed by atoms with Crippen LogP contribution >= 0.6 is 34.7 Å². The number of nitrogen functional groups attached to an aromatic ring is 1. The number of ether oxygens (including phenoxy) is 1. The molecule has 0 fully saturated rings. The lowest BCUT2D eigenvalue weighted by Gasteiger charge is -2.10. The van der Waals surface area contributed by atoms with Crippen LogP contribution in [-0.2, 0) is 5.75 Å². The maximum absolute atomic E-state index is 12.3. The smallest absolute Gasteiger partial charge is 0.387 e. The summed E-state index contributed by atoms with van der Waals surface area (Å²) < 4.78 is 29.9. The summed E-state index contributed by atoms with van der Waals surface area (Å²) in [6, 6.07) is 4.56. The molecule has 0 spiro atoms. The van der Waals surface area contributed by atoms with E-state index in [2.05, 4.69) is 9.72 Å². The average Bonchev–Trinajstić information content (AvgIpc) is 2.75. The van der Waals surface area contributed by atoms with Crippen LogP contribution in [0.1, 0.15) is 5.56 Å². The fourth-order valence-electron chi connectivity index (χ4n) is 1.36. The first-order chi connectivity index (χ1) is 9.04. The number of halogens is 3. The van der Waals surface area contributed by atoms with Crippen molar-refractivity contribution in [2.24, 2.45) is 0 Å². The minimum Gasteiger partial charge on any atom is -0.435 e. The van der Waals surface area contributed by atoms with Gasteiger partial charge in [0.05, 0.1) is 10.4 Å². The highest BCUT2D eigenvalue weighted by atomic mass is 35.5. The molecular weight excluding hydrogens is 314 g/mol. The number of aromatic nitrogens is 1. The molecule has 2 aromatic rings. The van der Waals surface area contributed by atoms with Crippen LogP contribution in [0.5, 0.6) is 5.75 Å². The van der Waals surface area contributed by atoms with Crippen molar-refractivity contribution >= 4 is 39.8 Å². The number of hydrogen-bond acceptors (Lipinski definition) is 5. The number of nitrogens with zero attached hydrogens (tertiary/aromatic N) is 1. The number of thioether (sulfide) groups is 1. The number of benzene rings is 1. The second-order valence-corrected chi connectivity index (χ2v) is 6.21. The Labute approximate surface area is 121 Å². The van der Waals surface area contributed by atoms with Crippen LogP contribution in [0.2, 0.25) is 5.02 Å². The monoisotopic (exact) mass is 322 g/mol. The quantitative estimate of drug-likeness (QED) is 0.835. The van der Waals surface area contributed by atoms with Crippen molar-refractivity contribution in [3.8, 4) is 5.75 Å². The van der Waals surface area contributed by atoms with Crippen LogP contribution < -0.4 is 10.5 Å². The van der Waals surface area contributed by atoms with Crippen LogP contribution in [0.3, 0.4) is 0 Å². The topological polar surface area (TPSA) is 48.1 Å². The van der Waals surface area contributed by atoms with E-state index in [4.69, 9.17) is 17.3 Å². The molecule has 1 aromatic heterocycles. The van der Waals surface area contributed by atoms with Crippen LogP contribution in [-0.4, -0.2) is 11.6 Å². The number of hydrogen-bond donors (Lipinski definition) is 1. The van der Waals surface area contributed by atoms with Gasteiger partial charge in [-0.05, 0) is 18.2 Å². The molecule has 0 aliphatic rings. The lowest BCUT2D eigenvalue weighted by molar-refractivity contribution is -0.0503. The molecule has 1 heterocycles. The van der Waals surface area contributed by atoms with Crippen molar-refractivity contribution in [3.05, 3.63) is 35.0 Å². The predicted molar refractivity (Wildman–Crippen MR) is 74.2 cm³/mol. The molecular formula is C11H9ClF2N2OS2. The van der Waals surface area contributed by atoms with Crippen molar-refractivity contribution in [2.75, 3.05) is 5.73 Å². The number of anilines is 1. The maximum Gasteiger partial charge on any atom is 0.387 e. The van der Waals surface area contributed by atoms with Gasteiger partial charge >= 0.3 is 6.61 Å². The van der Waals surface area contributed by atoms with E-state index in [9.17, 15) is 8.78 Å². The molecule has 19 heavy (non-hydrogen) atoms. The van der Waals surface area contributed by atoms with E-state index in [1.54, 1.807) is 12.3 Å². The van der Waals surface area contributed by atoms with Crippen LogP contribution in [0.15, 0.2) is 28.6 Å². The van der Waals surface area contributed by atoms with Crippen molar-refractivity contribution in [1.82, 2.24) is 4.98 Å². The third-order valence-electron chi connectivity index (χ3n) is 2.11. The van der Waals surface area contributed by atoms with Crippen molar-refractivity contribution < 1.29 is 13.5 Å². The summed E-state index contributed by atoms with van der Waals surface area (Å²) in [6.45, 7) is -2.86. The third-order valence-corrected chi connectivity index (χ3v) is 4.42. The Morgan fingerprint density at radius 3 is 2.89 bits per heavy atom. The zero-order valence-electron chi connectivity index (χ0n) is 9.48. The standard InChI is InChI=1S/C11H9ClF2N2OS2/c12-7-1-2-8(17-10(13)14)6(3-7)5-18-9-4-16-11(15)19-9/h1-4,10H,5H2,(H2,15,16).